The van der Waals surface area contributed by atoms with Gasteiger partial charge in [-0.1, -0.05) is 48.0 Å². The van der Waals surface area contributed by atoms with Crippen molar-refractivity contribution in [2.75, 3.05) is 23.9 Å². The van der Waals surface area contributed by atoms with Crippen LogP contribution in [0.3, 0.4) is 0 Å². The molecule has 0 bridgehead atoms. The highest BCUT2D eigenvalue weighted by Gasteiger charge is 2.16. The lowest BCUT2D eigenvalue weighted by atomic mass is 10.1. The minimum Gasteiger partial charge on any atom is -0.493 e. The van der Waals surface area contributed by atoms with Crippen molar-refractivity contribution < 1.29 is 14.3 Å². The van der Waals surface area contributed by atoms with Gasteiger partial charge in [-0.25, -0.2) is 0 Å². The molecule has 166 valence electrons. The second kappa shape index (κ2) is 11.0. The van der Waals surface area contributed by atoms with Crippen molar-refractivity contribution >= 4 is 39.1 Å². The molecule has 0 fully saturated rings. The lowest BCUT2D eigenvalue weighted by Gasteiger charge is -2.17. The number of ether oxygens (including phenoxy) is 1. The first-order valence-electron chi connectivity index (χ1n) is 10.5. The molecule has 0 aliphatic heterocycles. The smallest absolute Gasteiger partial charge is 0.259 e. The Morgan fingerprint density at radius 2 is 1.69 bits per heavy atom. The summed E-state index contributed by atoms with van der Waals surface area (Å²) in [5, 5.41) is 2.89. The molecule has 0 radical (unpaired) electrons. The molecule has 3 aromatic rings. The van der Waals surface area contributed by atoms with E-state index in [1.54, 1.807) is 48.3 Å². The van der Waals surface area contributed by atoms with E-state index < -0.39 is 0 Å². The van der Waals surface area contributed by atoms with Crippen molar-refractivity contribution in [3.63, 3.8) is 0 Å². The molecule has 0 aliphatic carbocycles. The number of benzene rings is 3. The molecule has 0 aromatic heterocycles. The van der Waals surface area contributed by atoms with Crippen LogP contribution in [0.5, 0.6) is 5.75 Å². The Morgan fingerprint density at radius 3 is 2.34 bits per heavy atom. The van der Waals surface area contributed by atoms with Crippen LogP contribution in [0.15, 0.2) is 77.3 Å². The maximum Gasteiger partial charge on any atom is 0.259 e. The number of carbonyl (C=O) groups excluding carboxylic acids is 2. The van der Waals surface area contributed by atoms with Gasteiger partial charge in [-0.15, -0.1) is 0 Å². The van der Waals surface area contributed by atoms with Gasteiger partial charge in [0.1, 0.15) is 5.75 Å². The quantitative estimate of drug-likeness (QED) is 0.393. The molecule has 1 N–H and O–H groups in total. The predicted molar refractivity (Wildman–Crippen MR) is 133 cm³/mol. The maximum absolute atomic E-state index is 12.9. The minimum atomic E-state index is -0.272. The molecule has 32 heavy (non-hydrogen) atoms. The molecule has 6 heteroatoms. The van der Waals surface area contributed by atoms with Gasteiger partial charge in [0.25, 0.3) is 11.8 Å². The summed E-state index contributed by atoms with van der Waals surface area (Å²) in [7, 11) is 1.74. The average Bonchev–Trinajstić information content (AvgIpc) is 2.80. The van der Waals surface area contributed by atoms with Crippen molar-refractivity contribution in [3.05, 3.63) is 88.4 Å². The summed E-state index contributed by atoms with van der Waals surface area (Å²) >= 11 is 3.42. The third-order valence-corrected chi connectivity index (χ3v) is 5.47. The van der Waals surface area contributed by atoms with Gasteiger partial charge in [0.2, 0.25) is 0 Å². The summed E-state index contributed by atoms with van der Waals surface area (Å²) < 4.78 is 6.64. The van der Waals surface area contributed by atoms with E-state index >= 15 is 0 Å². The Labute approximate surface area is 197 Å². The Hall–Kier alpha value is -3.12. The molecule has 5 nitrogen and oxygen atoms in total. The van der Waals surface area contributed by atoms with Crippen LogP contribution >= 0.6 is 15.9 Å². The van der Waals surface area contributed by atoms with Crippen molar-refractivity contribution in [3.8, 4) is 5.75 Å². The Balaban J connectivity index is 1.70. The fraction of sp³-hybridized carbons (Fsp3) is 0.231. The number of nitrogens with zero attached hydrogens (tertiary/aromatic N) is 1. The van der Waals surface area contributed by atoms with Gasteiger partial charge in [0.05, 0.1) is 12.2 Å². The van der Waals surface area contributed by atoms with E-state index in [0.717, 1.165) is 16.6 Å². The van der Waals surface area contributed by atoms with Crippen molar-refractivity contribution in [1.29, 1.82) is 0 Å². The van der Waals surface area contributed by atoms with Gasteiger partial charge < -0.3 is 15.0 Å². The number of halogens is 1. The average molecular weight is 495 g/mol. The Bertz CT molecular complexity index is 1070. The number of rotatable bonds is 8. The van der Waals surface area contributed by atoms with Crippen molar-refractivity contribution in [1.82, 2.24) is 0 Å². The summed E-state index contributed by atoms with van der Waals surface area (Å²) in [6.45, 7) is 4.81. The standard InChI is InChI=1S/C26H27BrN2O3/c1-18(2)15-16-32-24-14-11-20(27)17-23(24)25(30)28-21-12-9-19(10-13-21)26(31)29(3)22-7-5-4-6-8-22/h4-14,17-18H,15-16H2,1-3H3,(H,28,30). The second-order valence-electron chi connectivity index (χ2n) is 7.90. The fourth-order valence-corrected chi connectivity index (χ4v) is 3.43. The summed E-state index contributed by atoms with van der Waals surface area (Å²) in [6.07, 6.45) is 0.907. The third-order valence-electron chi connectivity index (χ3n) is 4.98. The first-order chi connectivity index (χ1) is 15.3. The van der Waals surface area contributed by atoms with Crippen molar-refractivity contribution in [2.24, 2.45) is 5.92 Å². The summed E-state index contributed by atoms with van der Waals surface area (Å²) in [5.41, 5.74) is 2.40. The molecule has 0 aliphatic rings. The maximum atomic E-state index is 12.9. The Kier molecular flexibility index (Phi) is 8.06. The molecule has 0 atom stereocenters. The SMILES string of the molecule is CC(C)CCOc1ccc(Br)cc1C(=O)Nc1ccc(C(=O)N(C)c2ccccc2)cc1. The van der Waals surface area contributed by atoms with E-state index in [9.17, 15) is 9.59 Å². The molecule has 0 unspecified atom stereocenters. The summed E-state index contributed by atoms with van der Waals surface area (Å²) in [6, 6.07) is 21.7. The lowest BCUT2D eigenvalue weighted by molar-refractivity contribution is 0.0991. The van der Waals surface area contributed by atoms with Crippen LogP contribution < -0.4 is 15.0 Å². The van der Waals surface area contributed by atoms with Gasteiger partial charge in [-0.2, -0.15) is 0 Å². The van der Waals surface area contributed by atoms with Crippen LogP contribution in [0.4, 0.5) is 11.4 Å². The van der Waals surface area contributed by atoms with Gasteiger partial charge in [0, 0.05) is 28.5 Å². The predicted octanol–water partition coefficient (Wildman–Crippen LogP) is 6.40. The largest absolute Gasteiger partial charge is 0.493 e. The third kappa shape index (κ3) is 6.20. The zero-order valence-electron chi connectivity index (χ0n) is 18.5. The first kappa shape index (κ1) is 23.5. The van der Waals surface area contributed by atoms with E-state index in [0.29, 0.717) is 35.1 Å². The van der Waals surface area contributed by atoms with Gasteiger partial charge in [-0.05, 0) is 66.9 Å². The van der Waals surface area contributed by atoms with E-state index in [1.165, 1.54) is 0 Å². The topological polar surface area (TPSA) is 58.6 Å². The number of carbonyl (C=O) groups is 2. The van der Waals surface area contributed by atoms with Crippen molar-refractivity contribution in [2.45, 2.75) is 20.3 Å². The molecular weight excluding hydrogens is 468 g/mol. The van der Waals surface area contributed by atoms with Gasteiger partial charge in [0.15, 0.2) is 0 Å². The highest BCUT2D eigenvalue weighted by Crippen LogP contribution is 2.25. The van der Waals surface area contributed by atoms with E-state index in [4.69, 9.17) is 4.74 Å². The molecule has 0 saturated carbocycles. The number of hydrogen-bond donors (Lipinski definition) is 1. The molecule has 0 heterocycles. The summed E-state index contributed by atoms with van der Waals surface area (Å²) in [4.78, 5) is 27.2. The molecule has 2 amide bonds. The zero-order chi connectivity index (χ0) is 23.1. The van der Waals surface area contributed by atoms with Crippen LogP contribution in [0.25, 0.3) is 0 Å². The van der Waals surface area contributed by atoms with Crippen LogP contribution in [0.2, 0.25) is 0 Å². The molecule has 3 rings (SSSR count). The number of amides is 2. The highest BCUT2D eigenvalue weighted by atomic mass is 79.9. The fourth-order valence-electron chi connectivity index (χ4n) is 3.07. The minimum absolute atomic E-state index is 0.123. The molecule has 0 saturated heterocycles. The monoisotopic (exact) mass is 494 g/mol. The van der Waals surface area contributed by atoms with Crippen LogP contribution in [0.1, 0.15) is 41.0 Å². The van der Waals surface area contributed by atoms with Crippen LogP contribution in [-0.4, -0.2) is 25.5 Å². The van der Waals surface area contributed by atoms with Crippen LogP contribution in [0, 0.1) is 5.92 Å². The number of hydrogen-bond acceptors (Lipinski definition) is 3. The summed E-state index contributed by atoms with van der Waals surface area (Å²) in [5.74, 6) is 0.667. The Morgan fingerprint density at radius 1 is 1.00 bits per heavy atom. The van der Waals surface area contributed by atoms with E-state index in [1.807, 2.05) is 36.4 Å². The number of nitrogens with one attached hydrogen (secondary N) is 1. The van der Waals surface area contributed by atoms with Gasteiger partial charge >= 0.3 is 0 Å². The molecule has 0 spiro atoms. The van der Waals surface area contributed by atoms with E-state index in [2.05, 4.69) is 35.1 Å². The second-order valence-corrected chi connectivity index (χ2v) is 8.82. The van der Waals surface area contributed by atoms with Crippen LogP contribution in [-0.2, 0) is 0 Å². The molecular formula is C26H27BrN2O3. The number of para-hydroxylation sites is 1. The van der Waals surface area contributed by atoms with E-state index in [-0.39, 0.29) is 11.8 Å². The zero-order valence-corrected chi connectivity index (χ0v) is 20.1. The lowest BCUT2D eigenvalue weighted by Crippen LogP contribution is -2.26. The highest BCUT2D eigenvalue weighted by molar-refractivity contribution is 9.10. The first-order valence-corrected chi connectivity index (χ1v) is 11.3. The van der Waals surface area contributed by atoms with Gasteiger partial charge in [-0.3, -0.25) is 9.59 Å². The number of anilines is 2. The molecule has 3 aromatic carbocycles. The normalized spacial score (nSPS) is 10.7.